The Kier molecular flexibility index (Phi) is 7.87. The number of rotatable bonds is 8. The van der Waals surface area contributed by atoms with E-state index in [4.69, 9.17) is 27.0 Å². The molecule has 0 bridgehead atoms. The molecule has 0 aliphatic rings. The van der Waals surface area contributed by atoms with Gasteiger partial charge in [-0.25, -0.2) is 10.9 Å². The first-order chi connectivity index (χ1) is 18.0. The van der Waals surface area contributed by atoms with E-state index in [-0.39, 0.29) is 11.9 Å². The number of ether oxygens (including phenoxy) is 1. The highest BCUT2D eigenvalue weighted by Crippen LogP contribution is 2.24. The zero-order valence-electron chi connectivity index (χ0n) is 19.8. The monoisotopic (exact) mass is 490 g/mol. The predicted octanol–water partition coefficient (Wildman–Crippen LogP) is 3.95. The van der Waals surface area contributed by atoms with Crippen LogP contribution in [-0.2, 0) is 0 Å². The smallest absolute Gasteiger partial charge is 0.206 e. The second kappa shape index (κ2) is 11.8. The Balaban J connectivity index is 1.53. The molecule has 0 aliphatic carbocycles. The minimum absolute atomic E-state index is 0.241. The highest BCUT2D eigenvalue weighted by molar-refractivity contribution is 6.13. The molecule has 9 nitrogen and oxygen atoms in total. The van der Waals surface area contributed by atoms with E-state index in [1.165, 1.54) is 0 Å². The first-order valence-electron chi connectivity index (χ1n) is 11.3. The highest BCUT2D eigenvalue weighted by Gasteiger charge is 2.10. The van der Waals surface area contributed by atoms with Gasteiger partial charge in [0.25, 0.3) is 0 Å². The van der Waals surface area contributed by atoms with Gasteiger partial charge in [-0.15, -0.1) is 0 Å². The molecule has 0 heterocycles. The lowest BCUT2D eigenvalue weighted by molar-refractivity contribution is 0.482. The van der Waals surface area contributed by atoms with E-state index in [0.29, 0.717) is 22.9 Å². The van der Waals surface area contributed by atoms with Gasteiger partial charge in [-0.05, 0) is 48.5 Å². The molecule has 184 valence electrons. The van der Waals surface area contributed by atoms with E-state index < -0.39 is 0 Å². The van der Waals surface area contributed by atoms with Gasteiger partial charge in [0.05, 0.1) is 11.4 Å². The van der Waals surface area contributed by atoms with Crippen LogP contribution in [-0.4, -0.2) is 23.3 Å². The van der Waals surface area contributed by atoms with Crippen LogP contribution in [0.25, 0.3) is 0 Å². The highest BCUT2D eigenvalue weighted by atomic mass is 16.5. The number of nitrogens with one attached hydrogen (secondary N) is 4. The van der Waals surface area contributed by atoms with Gasteiger partial charge in [0.1, 0.15) is 11.5 Å². The summed E-state index contributed by atoms with van der Waals surface area (Å²) in [4.78, 5) is 0. The molecule has 0 saturated heterocycles. The summed E-state index contributed by atoms with van der Waals surface area (Å²) in [6.45, 7) is 0. The van der Waals surface area contributed by atoms with E-state index in [1.54, 1.807) is 0 Å². The van der Waals surface area contributed by atoms with Crippen molar-refractivity contribution in [1.29, 1.82) is 10.8 Å². The second-order valence-electron chi connectivity index (χ2n) is 7.85. The van der Waals surface area contributed by atoms with Crippen molar-refractivity contribution in [2.75, 3.05) is 0 Å². The summed E-state index contributed by atoms with van der Waals surface area (Å²) in [5.74, 6) is 0.820. The van der Waals surface area contributed by atoms with E-state index in [9.17, 15) is 0 Å². The first-order valence-corrected chi connectivity index (χ1v) is 11.3. The van der Waals surface area contributed by atoms with Crippen LogP contribution in [0.2, 0.25) is 0 Å². The number of guanidine groups is 2. The maximum Gasteiger partial charge on any atom is 0.206 e. The standard InChI is InChI=1S/C28H26N8O/c29-27(30)35-33-25(19-7-3-1-4-8-19)21-11-15-23(16-12-21)37-24-17-13-22(14-18-24)26(34-36-28(31)32)20-9-5-2-6-10-20/h1-18H,(H4,29,30,35)(H4,31,32,36)/b33-25-,34-26+. The fourth-order valence-electron chi connectivity index (χ4n) is 3.51. The first kappa shape index (κ1) is 24.7. The minimum atomic E-state index is -0.241. The maximum absolute atomic E-state index is 7.42. The van der Waals surface area contributed by atoms with Gasteiger partial charge in [0.15, 0.2) is 0 Å². The molecule has 0 amide bonds. The lowest BCUT2D eigenvalue weighted by Crippen LogP contribution is -2.27. The Hall–Kier alpha value is -5.44. The average Bonchev–Trinajstić information content (AvgIpc) is 2.91. The molecule has 0 fully saturated rings. The van der Waals surface area contributed by atoms with Crippen LogP contribution in [0.5, 0.6) is 11.5 Å². The number of hydrogen-bond donors (Lipinski definition) is 6. The Morgan fingerprint density at radius 3 is 1.16 bits per heavy atom. The molecule has 0 radical (unpaired) electrons. The molecule has 0 atom stereocenters. The third-order valence-corrected chi connectivity index (χ3v) is 5.16. The van der Waals surface area contributed by atoms with Crippen molar-refractivity contribution in [2.45, 2.75) is 0 Å². The van der Waals surface area contributed by atoms with Crippen molar-refractivity contribution < 1.29 is 4.74 Å². The van der Waals surface area contributed by atoms with E-state index in [0.717, 1.165) is 22.3 Å². The summed E-state index contributed by atoms with van der Waals surface area (Å²) in [6, 6.07) is 34.3. The fourth-order valence-corrected chi connectivity index (χ4v) is 3.51. The fraction of sp³-hybridized carbons (Fsp3) is 0. The summed E-state index contributed by atoms with van der Waals surface area (Å²) in [6.07, 6.45) is 0. The molecule has 0 spiro atoms. The Labute approximate surface area is 214 Å². The number of hydrogen-bond acceptors (Lipinski definition) is 5. The van der Waals surface area contributed by atoms with Crippen LogP contribution in [0.1, 0.15) is 22.3 Å². The molecule has 4 aromatic carbocycles. The minimum Gasteiger partial charge on any atom is -0.457 e. The van der Waals surface area contributed by atoms with Crippen molar-refractivity contribution in [1.82, 2.24) is 10.9 Å². The lowest BCUT2D eigenvalue weighted by Gasteiger charge is -2.11. The summed E-state index contributed by atoms with van der Waals surface area (Å²) < 4.78 is 6.04. The van der Waals surface area contributed by atoms with Crippen molar-refractivity contribution in [3.63, 3.8) is 0 Å². The van der Waals surface area contributed by atoms with Crippen molar-refractivity contribution in [3.05, 3.63) is 131 Å². The largest absolute Gasteiger partial charge is 0.457 e. The molecular weight excluding hydrogens is 464 g/mol. The molecule has 0 aliphatic heterocycles. The van der Waals surface area contributed by atoms with E-state index in [1.807, 2.05) is 109 Å². The van der Waals surface area contributed by atoms with Crippen LogP contribution in [0.3, 0.4) is 0 Å². The molecule has 4 rings (SSSR count). The van der Waals surface area contributed by atoms with Crippen LogP contribution in [0.15, 0.2) is 119 Å². The third-order valence-electron chi connectivity index (χ3n) is 5.16. The quantitative estimate of drug-likeness (QED) is 0.125. The molecule has 0 unspecified atom stereocenters. The second-order valence-corrected chi connectivity index (χ2v) is 7.85. The van der Waals surface area contributed by atoms with Gasteiger partial charge in [0, 0.05) is 22.3 Å². The third kappa shape index (κ3) is 6.80. The Bertz CT molecular complexity index is 1300. The van der Waals surface area contributed by atoms with Crippen molar-refractivity contribution in [3.8, 4) is 11.5 Å². The molecular formula is C28H26N8O. The SMILES string of the molecule is N=C(N)N/N=C(/c1ccccc1)c1ccc(Oc2ccc(/C(=N/NC(=N)N)c3ccccc3)cc2)cc1. The molecule has 0 saturated carbocycles. The van der Waals surface area contributed by atoms with Gasteiger partial charge in [-0.3, -0.25) is 10.8 Å². The van der Waals surface area contributed by atoms with Crippen LogP contribution >= 0.6 is 0 Å². The average molecular weight is 491 g/mol. The maximum atomic E-state index is 7.42. The van der Waals surface area contributed by atoms with Gasteiger partial charge in [-0.2, -0.15) is 10.2 Å². The Morgan fingerprint density at radius 2 is 0.838 bits per heavy atom. The van der Waals surface area contributed by atoms with Gasteiger partial charge < -0.3 is 16.2 Å². The van der Waals surface area contributed by atoms with E-state index in [2.05, 4.69) is 21.1 Å². The van der Waals surface area contributed by atoms with E-state index >= 15 is 0 Å². The van der Waals surface area contributed by atoms with Crippen LogP contribution in [0.4, 0.5) is 0 Å². The van der Waals surface area contributed by atoms with Crippen molar-refractivity contribution in [2.24, 2.45) is 21.7 Å². The van der Waals surface area contributed by atoms with Gasteiger partial charge in [-0.1, -0.05) is 60.7 Å². The van der Waals surface area contributed by atoms with Crippen LogP contribution in [0, 0.1) is 10.8 Å². The normalized spacial score (nSPS) is 11.5. The number of nitrogens with two attached hydrogens (primary N) is 2. The van der Waals surface area contributed by atoms with Crippen molar-refractivity contribution >= 4 is 23.3 Å². The molecule has 4 aromatic rings. The zero-order valence-corrected chi connectivity index (χ0v) is 19.8. The van der Waals surface area contributed by atoms with Gasteiger partial charge >= 0.3 is 0 Å². The molecule has 9 heteroatoms. The lowest BCUT2D eigenvalue weighted by atomic mass is 10.0. The van der Waals surface area contributed by atoms with Crippen LogP contribution < -0.4 is 27.1 Å². The predicted molar refractivity (Wildman–Crippen MR) is 147 cm³/mol. The molecule has 8 N–H and O–H groups in total. The summed E-state index contributed by atoms with van der Waals surface area (Å²) >= 11 is 0. The number of benzene rings is 4. The summed E-state index contributed by atoms with van der Waals surface area (Å²) in [7, 11) is 0. The number of nitrogens with zero attached hydrogens (tertiary/aromatic N) is 2. The molecule has 37 heavy (non-hydrogen) atoms. The zero-order chi connectivity index (χ0) is 26.0. The number of hydrazone groups is 2. The topological polar surface area (TPSA) is 158 Å². The van der Waals surface area contributed by atoms with Gasteiger partial charge in [0.2, 0.25) is 11.9 Å². The Morgan fingerprint density at radius 1 is 0.514 bits per heavy atom. The summed E-state index contributed by atoms with van der Waals surface area (Å²) in [5, 5.41) is 23.4. The summed E-state index contributed by atoms with van der Waals surface area (Å²) in [5.41, 5.74) is 20.6. The molecule has 0 aromatic heterocycles.